The van der Waals surface area contributed by atoms with Gasteiger partial charge in [0.05, 0.1) is 12.1 Å². The summed E-state index contributed by atoms with van der Waals surface area (Å²) in [6.07, 6.45) is 4.23. The first-order chi connectivity index (χ1) is 10.0. The van der Waals surface area contributed by atoms with Crippen molar-refractivity contribution in [2.45, 2.75) is 45.6 Å². The van der Waals surface area contributed by atoms with Gasteiger partial charge in [-0.05, 0) is 37.3 Å². The molecule has 0 aliphatic carbocycles. The summed E-state index contributed by atoms with van der Waals surface area (Å²) in [6, 6.07) is 3.05. The number of hydrogen-bond acceptors (Lipinski definition) is 3. The molecule has 1 N–H and O–H groups in total. The highest BCUT2D eigenvalue weighted by atomic mass is 16.4. The van der Waals surface area contributed by atoms with Crippen molar-refractivity contribution in [3.63, 3.8) is 0 Å². The number of likely N-dealkylation sites (tertiary alicyclic amines) is 1. The molecule has 1 aromatic heterocycles. The molecular weight excluding hydrogens is 268 g/mol. The summed E-state index contributed by atoms with van der Waals surface area (Å²) in [4.78, 5) is 29.6. The summed E-state index contributed by atoms with van der Waals surface area (Å²) < 4.78 is 0. The number of carbonyl (C=O) groups excluding carboxylic acids is 1. The van der Waals surface area contributed by atoms with Gasteiger partial charge in [0.2, 0.25) is 5.91 Å². The Morgan fingerprint density at radius 1 is 1.48 bits per heavy atom. The van der Waals surface area contributed by atoms with Crippen molar-refractivity contribution in [3.05, 3.63) is 29.6 Å². The standard InChI is InChI=1S/C16H22N2O3/c1-3-12-6-8-18(14(9-12)16(20)21)15(19)10-13-11(2)5-4-7-17-13/h4-5,7,12,14H,3,6,8-10H2,1-2H3,(H,20,21). The monoisotopic (exact) mass is 290 g/mol. The third-order valence-electron chi connectivity index (χ3n) is 4.33. The second kappa shape index (κ2) is 6.70. The number of nitrogens with zero attached hydrogens (tertiary/aromatic N) is 2. The molecule has 5 nitrogen and oxygen atoms in total. The maximum absolute atomic E-state index is 12.5. The first kappa shape index (κ1) is 15.5. The average Bonchev–Trinajstić information content (AvgIpc) is 2.48. The highest BCUT2D eigenvalue weighted by Gasteiger charge is 2.35. The molecule has 0 bridgehead atoms. The van der Waals surface area contributed by atoms with Crippen molar-refractivity contribution < 1.29 is 14.7 Å². The lowest BCUT2D eigenvalue weighted by Crippen LogP contribution is -2.50. The molecule has 0 saturated carbocycles. The SMILES string of the molecule is CCC1CCN(C(=O)Cc2ncccc2C)C(C(=O)O)C1. The van der Waals surface area contributed by atoms with Gasteiger partial charge in [0.25, 0.3) is 0 Å². The number of hydrogen-bond donors (Lipinski definition) is 1. The van der Waals surface area contributed by atoms with Crippen LogP contribution < -0.4 is 0 Å². The van der Waals surface area contributed by atoms with Crippen LogP contribution in [0.15, 0.2) is 18.3 Å². The normalized spacial score (nSPS) is 22.1. The summed E-state index contributed by atoms with van der Waals surface area (Å²) in [6.45, 7) is 4.51. The van der Waals surface area contributed by atoms with Crippen molar-refractivity contribution in [2.75, 3.05) is 6.54 Å². The second-order valence-corrected chi connectivity index (χ2v) is 5.68. The van der Waals surface area contributed by atoms with E-state index in [1.54, 1.807) is 6.20 Å². The number of carboxylic acids is 1. The highest BCUT2D eigenvalue weighted by Crippen LogP contribution is 2.26. The zero-order valence-corrected chi connectivity index (χ0v) is 12.6. The number of aromatic nitrogens is 1. The van der Waals surface area contributed by atoms with Crippen molar-refractivity contribution in [3.8, 4) is 0 Å². The fraction of sp³-hybridized carbons (Fsp3) is 0.562. The Kier molecular flexibility index (Phi) is 4.94. The van der Waals surface area contributed by atoms with E-state index in [-0.39, 0.29) is 12.3 Å². The van der Waals surface area contributed by atoms with Gasteiger partial charge in [0.1, 0.15) is 6.04 Å². The van der Waals surface area contributed by atoms with Gasteiger partial charge in [-0.1, -0.05) is 19.4 Å². The van der Waals surface area contributed by atoms with Crippen LogP contribution in [0.25, 0.3) is 0 Å². The van der Waals surface area contributed by atoms with Gasteiger partial charge >= 0.3 is 5.97 Å². The van der Waals surface area contributed by atoms with E-state index in [1.807, 2.05) is 19.1 Å². The highest BCUT2D eigenvalue weighted by molar-refractivity contribution is 5.85. The van der Waals surface area contributed by atoms with Crippen molar-refractivity contribution in [2.24, 2.45) is 5.92 Å². The minimum Gasteiger partial charge on any atom is -0.480 e. The maximum Gasteiger partial charge on any atom is 0.326 e. The zero-order valence-electron chi connectivity index (χ0n) is 12.6. The number of amides is 1. The van der Waals surface area contributed by atoms with E-state index >= 15 is 0 Å². The number of rotatable bonds is 4. The number of aliphatic carboxylic acids is 1. The number of piperidine rings is 1. The molecule has 2 unspecified atom stereocenters. The minimum absolute atomic E-state index is 0.140. The van der Waals surface area contributed by atoms with Crippen molar-refractivity contribution in [1.29, 1.82) is 0 Å². The van der Waals surface area contributed by atoms with E-state index < -0.39 is 12.0 Å². The van der Waals surface area contributed by atoms with E-state index in [2.05, 4.69) is 11.9 Å². The molecule has 0 aromatic carbocycles. The molecule has 2 heterocycles. The maximum atomic E-state index is 12.5. The lowest BCUT2D eigenvalue weighted by molar-refractivity contribution is -0.153. The molecule has 0 spiro atoms. The number of carbonyl (C=O) groups is 2. The van der Waals surface area contributed by atoms with Gasteiger partial charge < -0.3 is 10.0 Å². The molecule has 1 fully saturated rings. The Balaban J connectivity index is 2.10. The molecule has 2 atom stereocenters. The van der Waals surface area contributed by atoms with Crippen LogP contribution in [0.1, 0.15) is 37.4 Å². The van der Waals surface area contributed by atoms with E-state index in [9.17, 15) is 14.7 Å². The van der Waals surface area contributed by atoms with Crippen LogP contribution in [-0.4, -0.2) is 39.5 Å². The van der Waals surface area contributed by atoms with Crippen LogP contribution in [0.2, 0.25) is 0 Å². The smallest absolute Gasteiger partial charge is 0.326 e. The molecule has 1 saturated heterocycles. The first-order valence-corrected chi connectivity index (χ1v) is 7.45. The molecule has 1 aromatic rings. The van der Waals surface area contributed by atoms with Crippen LogP contribution in [0.4, 0.5) is 0 Å². The van der Waals surface area contributed by atoms with Crippen molar-refractivity contribution in [1.82, 2.24) is 9.88 Å². The Labute approximate surface area is 125 Å². The molecule has 0 radical (unpaired) electrons. The Bertz CT molecular complexity index is 530. The molecule has 2 rings (SSSR count). The summed E-state index contributed by atoms with van der Waals surface area (Å²) in [5, 5.41) is 9.38. The number of pyridine rings is 1. The van der Waals surface area contributed by atoms with E-state index in [0.29, 0.717) is 18.9 Å². The predicted molar refractivity (Wildman–Crippen MR) is 78.8 cm³/mol. The van der Waals surface area contributed by atoms with Gasteiger partial charge in [0, 0.05) is 12.7 Å². The Morgan fingerprint density at radius 2 is 2.24 bits per heavy atom. The van der Waals surface area contributed by atoms with Gasteiger partial charge in [-0.15, -0.1) is 0 Å². The lowest BCUT2D eigenvalue weighted by atomic mass is 9.88. The van der Waals surface area contributed by atoms with Crippen LogP contribution in [-0.2, 0) is 16.0 Å². The third kappa shape index (κ3) is 3.60. The Hall–Kier alpha value is -1.91. The lowest BCUT2D eigenvalue weighted by Gasteiger charge is -2.37. The first-order valence-electron chi connectivity index (χ1n) is 7.45. The zero-order chi connectivity index (χ0) is 15.4. The summed E-state index contributed by atoms with van der Waals surface area (Å²) in [5.74, 6) is -0.648. The van der Waals surface area contributed by atoms with Crippen LogP contribution in [0.5, 0.6) is 0 Å². The molecule has 1 aliphatic heterocycles. The van der Waals surface area contributed by atoms with Gasteiger partial charge in [-0.2, -0.15) is 0 Å². The van der Waals surface area contributed by atoms with Crippen LogP contribution >= 0.6 is 0 Å². The summed E-state index contributed by atoms with van der Waals surface area (Å²) in [5.41, 5.74) is 1.69. The molecule has 114 valence electrons. The largest absolute Gasteiger partial charge is 0.480 e. The molecular formula is C16H22N2O3. The van der Waals surface area contributed by atoms with Gasteiger partial charge in [-0.25, -0.2) is 4.79 Å². The minimum atomic E-state index is -0.903. The van der Waals surface area contributed by atoms with E-state index in [4.69, 9.17) is 0 Å². The van der Waals surface area contributed by atoms with Gasteiger partial charge in [-0.3, -0.25) is 9.78 Å². The third-order valence-corrected chi connectivity index (χ3v) is 4.33. The molecule has 1 amide bonds. The van der Waals surface area contributed by atoms with Gasteiger partial charge in [0.15, 0.2) is 0 Å². The Morgan fingerprint density at radius 3 is 2.86 bits per heavy atom. The van der Waals surface area contributed by atoms with Crippen molar-refractivity contribution >= 4 is 11.9 Å². The topological polar surface area (TPSA) is 70.5 Å². The molecule has 5 heteroatoms. The summed E-state index contributed by atoms with van der Waals surface area (Å²) in [7, 11) is 0. The number of carboxylic acid groups (broad SMARTS) is 1. The quantitative estimate of drug-likeness (QED) is 0.921. The van der Waals surface area contributed by atoms with Crippen LogP contribution in [0, 0.1) is 12.8 Å². The fourth-order valence-corrected chi connectivity index (χ4v) is 2.89. The van der Waals surface area contributed by atoms with Crippen LogP contribution in [0.3, 0.4) is 0 Å². The summed E-state index contributed by atoms with van der Waals surface area (Å²) >= 11 is 0. The molecule has 21 heavy (non-hydrogen) atoms. The predicted octanol–water partition coefficient (Wildman–Crippen LogP) is 2.03. The van der Waals surface area contributed by atoms with E-state index in [0.717, 1.165) is 24.1 Å². The fourth-order valence-electron chi connectivity index (χ4n) is 2.89. The average molecular weight is 290 g/mol. The molecule has 1 aliphatic rings. The van der Waals surface area contributed by atoms with E-state index in [1.165, 1.54) is 4.90 Å². The number of aryl methyl sites for hydroxylation is 1. The second-order valence-electron chi connectivity index (χ2n) is 5.68.